The summed E-state index contributed by atoms with van der Waals surface area (Å²) < 4.78 is 15.3. The van der Waals surface area contributed by atoms with Crippen LogP contribution in [0.2, 0.25) is 0 Å². The lowest BCUT2D eigenvalue weighted by Gasteiger charge is -2.07. The molecule has 106 valence electrons. The first-order valence-corrected chi connectivity index (χ1v) is 6.48. The second kappa shape index (κ2) is 5.32. The van der Waals surface area contributed by atoms with Crippen LogP contribution in [0.15, 0.2) is 53.1 Å². The molecule has 0 spiro atoms. The van der Waals surface area contributed by atoms with Crippen LogP contribution in [0.4, 0.5) is 0 Å². The zero-order valence-electron chi connectivity index (χ0n) is 11.8. The minimum absolute atomic E-state index is 0.157. The Hall–Kier alpha value is -2.75. The molecular weight excluding hydrogens is 268 g/mol. The lowest BCUT2D eigenvalue weighted by molar-refractivity contribution is 0.0595. The van der Waals surface area contributed by atoms with Gasteiger partial charge >= 0.3 is 5.97 Å². The van der Waals surface area contributed by atoms with Crippen LogP contribution >= 0.6 is 0 Å². The summed E-state index contributed by atoms with van der Waals surface area (Å²) in [6.45, 7) is 0. The van der Waals surface area contributed by atoms with Crippen LogP contribution < -0.4 is 4.74 Å². The van der Waals surface area contributed by atoms with Gasteiger partial charge in [0.1, 0.15) is 6.26 Å². The van der Waals surface area contributed by atoms with Crippen molar-refractivity contribution in [2.45, 2.75) is 0 Å². The molecule has 21 heavy (non-hydrogen) atoms. The average molecular weight is 282 g/mol. The van der Waals surface area contributed by atoms with E-state index in [9.17, 15) is 4.79 Å². The molecule has 0 bridgehead atoms. The fraction of sp³-hybridized carbons (Fsp3) is 0.118. The third kappa shape index (κ3) is 2.14. The molecule has 0 radical (unpaired) electrons. The maximum Gasteiger partial charge on any atom is 0.345 e. The van der Waals surface area contributed by atoms with Crippen LogP contribution in [-0.2, 0) is 4.74 Å². The van der Waals surface area contributed by atoms with Gasteiger partial charge in [-0.1, -0.05) is 42.5 Å². The average Bonchev–Trinajstić information content (AvgIpc) is 2.97. The zero-order chi connectivity index (χ0) is 14.8. The molecule has 0 N–H and O–H groups in total. The van der Waals surface area contributed by atoms with Crippen molar-refractivity contribution < 1.29 is 18.7 Å². The van der Waals surface area contributed by atoms with Crippen molar-refractivity contribution in [2.75, 3.05) is 14.2 Å². The number of hydrogen-bond acceptors (Lipinski definition) is 4. The van der Waals surface area contributed by atoms with E-state index < -0.39 is 5.97 Å². The van der Waals surface area contributed by atoms with Crippen molar-refractivity contribution in [2.24, 2.45) is 0 Å². The first-order chi connectivity index (χ1) is 10.3. The molecule has 0 aliphatic heterocycles. The molecule has 0 amide bonds. The number of carbonyl (C=O) groups excluding carboxylic acids is 1. The molecule has 0 unspecified atom stereocenters. The molecule has 2 aromatic carbocycles. The van der Waals surface area contributed by atoms with E-state index in [2.05, 4.69) is 0 Å². The number of esters is 1. The van der Waals surface area contributed by atoms with Gasteiger partial charge in [-0.3, -0.25) is 0 Å². The van der Waals surface area contributed by atoms with E-state index in [1.54, 1.807) is 0 Å². The normalized spacial score (nSPS) is 10.6. The van der Waals surface area contributed by atoms with E-state index in [0.29, 0.717) is 11.1 Å². The van der Waals surface area contributed by atoms with E-state index >= 15 is 0 Å². The summed E-state index contributed by atoms with van der Waals surface area (Å²) >= 11 is 0. The number of benzene rings is 2. The molecule has 1 heterocycles. The summed E-state index contributed by atoms with van der Waals surface area (Å²) in [5.74, 6) is -0.326. The quantitative estimate of drug-likeness (QED) is 0.684. The maximum atomic E-state index is 12.0. The van der Waals surface area contributed by atoms with Gasteiger partial charge in [0, 0.05) is 5.56 Å². The SMILES string of the molecule is COC(=O)c1c(-c2cccc3ccccc23)coc1OC. The number of ether oxygens (including phenoxy) is 2. The van der Waals surface area contributed by atoms with Gasteiger partial charge in [0.05, 0.1) is 14.2 Å². The third-order valence-electron chi connectivity index (χ3n) is 3.41. The second-order valence-electron chi connectivity index (χ2n) is 4.53. The van der Waals surface area contributed by atoms with Crippen LogP contribution in [0.3, 0.4) is 0 Å². The van der Waals surface area contributed by atoms with Crippen LogP contribution in [0.5, 0.6) is 5.95 Å². The molecule has 1 aromatic heterocycles. The van der Waals surface area contributed by atoms with E-state index in [-0.39, 0.29) is 5.95 Å². The van der Waals surface area contributed by atoms with E-state index in [4.69, 9.17) is 13.9 Å². The van der Waals surface area contributed by atoms with Gasteiger partial charge < -0.3 is 13.9 Å². The highest BCUT2D eigenvalue weighted by atomic mass is 16.6. The summed E-state index contributed by atoms with van der Waals surface area (Å²) in [4.78, 5) is 12.0. The molecule has 3 aromatic rings. The van der Waals surface area contributed by atoms with Gasteiger partial charge in [0.25, 0.3) is 5.95 Å². The first-order valence-electron chi connectivity index (χ1n) is 6.48. The minimum Gasteiger partial charge on any atom is -0.468 e. The van der Waals surface area contributed by atoms with E-state index in [1.807, 2.05) is 42.5 Å². The fourth-order valence-electron chi connectivity index (χ4n) is 2.44. The smallest absolute Gasteiger partial charge is 0.345 e. The standard InChI is InChI=1S/C17H14O4/c1-19-16(18)15-14(10-21-17(15)20-2)13-9-5-7-11-6-3-4-8-12(11)13/h3-10H,1-2H3. The van der Waals surface area contributed by atoms with Crippen molar-refractivity contribution in [3.63, 3.8) is 0 Å². The second-order valence-corrected chi connectivity index (χ2v) is 4.53. The van der Waals surface area contributed by atoms with Crippen molar-refractivity contribution in [1.29, 1.82) is 0 Å². The zero-order valence-corrected chi connectivity index (χ0v) is 11.8. The summed E-state index contributed by atoms with van der Waals surface area (Å²) in [5.41, 5.74) is 1.87. The Morgan fingerprint density at radius 3 is 2.52 bits per heavy atom. The number of rotatable bonds is 3. The number of furan rings is 1. The number of methoxy groups -OCH3 is 2. The number of hydrogen-bond donors (Lipinski definition) is 0. The summed E-state index contributed by atoms with van der Waals surface area (Å²) in [7, 11) is 2.79. The molecule has 0 aliphatic rings. The lowest BCUT2D eigenvalue weighted by Crippen LogP contribution is -2.03. The van der Waals surface area contributed by atoms with Crippen molar-refractivity contribution in [3.05, 3.63) is 54.3 Å². The summed E-state index contributed by atoms with van der Waals surface area (Å²) in [6, 6.07) is 13.9. The first kappa shape index (κ1) is 13.2. The molecule has 3 rings (SSSR count). The van der Waals surface area contributed by atoms with Gasteiger partial charge in [-0.15, -0.1) is 0 Å². The third-order valence-corrected chi connectivity index (χ3v) is 3.41. The fourth-order valence-corrected chi connectivity index (χ4v) is 2.44. The lowest BCUT2D eigenvalue weighted by atomic mass is 9.97. The Morgan fingerprint density at radius 2 is 1.76 bits per heavy atom. The van der Waals surface area contributed by atoms with Gasteiger partial charge in [-0.25, -0.2) is 4.79 Å². The highest BCUT2D eigenvalue weighted by Gasteiger charge is 2.24. The summed E-state index contributed by atoms with van der Waals surface area (Å²) in [5, 5.41) is 2.12. The number of carbonyl (C=O) groups is 1. The summed E-state index contributed by atoms with van der Waals surface area (Å²) in [6.07, 6.45) is 1.52. The van der Waals surface area contributed by atoms with Gasteiger partial charge in [0.15, 0.2) is 5.56 Å². The topological polar surface area (TPSA) is 48.7 Å². The van der Waals surface area contributed by atoms with E-state index in [0.717, 1.165) is 16.3 Å². The molecule has 0 saturated carbocycles. The molecule has 0 fully saturated rings. The highest BCUT2D eigenvalue weighted by Crippen LogP contribution is 2.37. The maximum absolute atomic E-state index is 12.0. The largest absolute Gasteiger partial charge is 0.468 e. The van der Waals surface area contributed by atoms with Gasteiger partial charge in [-0.2, -0.15) is 0 Å². The molecule has 0 atom stereocenters. The predicted molar refractivity (Wildman–Crippen MR) is 79.5 cm³/mol. The van der Waals surface area contributed by atoms with Crippen molar-refractivity contribution in [1.82, 2.24) is 0 Å². The molecule has 0 saturated heterocycles. The van der Waals surface area contributed by atoms with Crippen LogP contribution in [0, 0.1) is 0 Å². The Balaban J connectivity index is 2.29. The number of fused-ring (bicyclic) bond motifs is 1. The Labute approximate surface area is 121 Å². The van der Waals surface area contributed by atoms with Crippen LogP contribution in [-0.4, -0.2) is 20.2 Å². The molecule has 4 nitrogen and oxygen atoms in total. The highest BCUT2D eigenvalue weighted by molar-refractivity contribution is 6.05. The van der Waals surface area contributed by atoms with Crippen LogP contribution in [0.25, 0.3) is 21.9 Å². The van der Waals surface area contributed by atoms with Gasteiger partial charge in [0.2, 0.25) is 0 Å². The molecular formula is C17H14O4. The molecule has 0 aliphatic carbocycles. The predicted octanol–water partition coefficient (Wildman–Crippen LogP) is 3.90. The molecule has 4 heteroatoms. The minimum atomic E-state index is -0.483. The van der Waals surface area contributed by atoms with E-state index in [1.165, 1.54) is 20.5 Å². The van der Waals surface area contributed by atoms with Crippen molar-refractivity contribution in [3.8, 4) is 17.1 Å². The Kier molecular flexibility index (Phi) is 3.36. The van der Waals surface area contributed by atoms with Crippen molar-refractivity contribution >= 4 is 16.7 Å². The van der Waals surface area contributed by atoms with Crippen LogP contribution in [0.1, 0.15) is 10.4 Å². The van der Waals surface area contributed by atoms with Gasteiger partial charge in [-0.05, 0) is 16.3 Å². The Bertz CT molecular complexity index is 796. The Morgan fingerprint density at radius 1 is 1.00 bits per heavy atom. The monoisotopic (exact) mass is 282 g/mol.